The molecular weight excluding hydrogens is 358 g/mol. The van der Waals surface area contributed by atoms with Gasteiger partial charge >= 0.3 is 0 Å². The summed E-state index contributed by atoms with van der Waals surface area (Å²) in [6.45, 7) is 6.70. The van der Waals surface area contributed by atoms with Crippen molar-refractivity contribution in [1.29, 1.82) is 0 Å². The normalized spacial score (nSPS) is 13.6. The predicted molar refractivity (Wildman–Crippen MR) is 115 cm³/mol. The van der Waals surface area contributed by atoms with Crippen molar-refractivity contribution in [2.45, 2.75) is 26.3 Å². The number of para-hydroxylation sites is 1. The summed E-state index contributed by atoms with van der Waals surface area (Å²) in [5, 5.41) is 4.57. The lowest BCUT2D eigenvalue weighted by Crippen LogP contribution is -2.48. The van der Waals surface area contributed by atoms with Gasteiger partial charge in [0.2, 0.25) is 0 Å². The van der Waals surface area contributed by atoms with E-state index in [2.05, 4.69) is 67.3 Å². The van der Waals surface area contributed by atoms with Gasteiger partial charge in [-0.15, -0.1) is 0 Å². The van der Waals surface area contributed by atoms with Crippen molar-refractivity contribution < 1.29 is 4.74 Å². The first-order valence-corrected chi connectivity index (χ1v) is 9.76. The zero-order valence-electron chi connectivity index (χ0n) is 17.0. The van der Waals surface area contributed by atoms with E-state index in [9.17, 15) is 0 Å². The molecule has 0 spiro atoms. The fourth-order valence-electron chi connectivity index (χ4n) is 4.09. The largest absolute Gasteiger partial charge is 0.457 e. The highest BCUT2D eigenvalue weighted by Crippen LogP contribution is 2.47. The number of aromatic nitrogens is 3. The van der Waals surface area contributed by atoms with Crippen molar-refractivity contribution in [1.82, 2.24) is 14.8 Å². The van der Waals surface area contributed by atoms with Crippen molar-refractivity contribution in [2.75, 3.05) is 0 Å². The van der Waals surface area contributed by atoms with Crippen LogP contribution in [0.1, 0.15) is 31.9 Å². The Morgan fingerprint density at radius 1 is 0.690 bits per heavy atom. The Morgan fingerprint density at radius 2 is 1.24 bits per heavy atom. The molecule has 0 N–H and O–H groups in total. The van der Waals surface area contributed by atoms with Crippen LogP contribution in [0.25, 0.3) is 0 Å². The van der Waals surface area contributed by atoms with E-state index in [0.29, 0.717) is 0 Å². The first-order valence-electron chi connectivity index (χ1n) is 9.76. The van der Waals surface area contributed by atoms with Gasteiger partial charge in [0.05, 0.1) is 0 Å². The number of rotatable bonds is 5. The molecule has 4 heteroatoms. The maximum atomic E-state index is 5.99. The molecular formula is C25H25N3O. The number of hydrogen-bond acceptors (Lipinski definition) is 3. The first-order chi connectivity index (χ1) is 14.0. The maximum Gasteiger partial charge on any atom is 0.137 e. The predicted octanol–water partition coefficient (Wildman–Crippen LogP) is 5.91. The van der Waals surface area contributed by atoms with Crippen LogP contribution in [-0.4, -0.2) is 14.8 Å². The summed E-state index contributed by atoms with van der Waals surface area (Å²) >= 11 is 0. The molecule has 3 aromatic carbocycles. The minimum absolute atomic E-state index is 0.177. The molecule has 0 aliphatic rings. The van der Waals surface area contributed by atoms with Crippen LogP contribution in [-0.2, 0) is 5.54 Å². The van der Waals surface area contributed by atoms with Crippen LogP contribution in [0, 0.1) is 5.41 Å². The second kappa shape index (κ2) is 7.55. The summed E-state index contributed by atoms with van der Waals surface area (Å²) in [5.41, 5.74) is 1.59. The van der Waals surface area contributed by atoms with E-state index in [1.165, 1.54) is 0 Å². The molecule has 4 aromatic rings. The molecule has 4 rings (SSSR count). The van der Waals surface area contributed by atoms with E-state index in [0.717, 1.165) is 22.6 Å². The number of hydrogen-bond donors (Lipinski definition) is 0. The van der Waals surface area contributed by atoms with E-state index in [-0.39, 0.29) is 5.41 Å². The molecule has 146 valence electrons. The highest BCUT2D eigenvalue weighted by Gasteiger charge is 2.47. The quantitative estimate of drug-likeness (QED) is 0.430. The van der Waals surface area contributed by atoms with Gasteiger partial charge in [0.25, 0.3) is 0 Å². The Balaban J connectivity index is 1.84. The molecule has 0 fully saturated rings. The third kappa shape index (κ3) is 3.42. The Bertz CT molecular complexity index is 1040. The van der Waals surface area contributed by atoms with Gasteiger partial charge < -0.3 is 4.74 Å². The van der Waals surface area contributed by atoms with Gasteiger partial charge in [-0.2, -0.15) is 5.10 Å². The van der Waals surface area contributed by atoms with Gasteiger partial charge in [-0.25, -0.2) is 9.67 Å². The highest BCUT2D eigenvalue weighted by molar-refractivity contribution is 5.44. The fraction of sp³-hybridized carbons (Fsp3) is 0.200. The lowest BCUT2D eigenvalue weighted by molar-refractivity contribution is 0.171. The van der Waals surface area contributed by atoms with Crippen molar-refractivity contribution in [3.63, 3.8) is 0 Å². The van der Waals surface area contributed by atoms with Gasteiger partial charge in [0.1, 0.15) is 29.7 Å². The van der Waals surface area contributed by atoms with Crippen LogP contribution in [0.5, 0.6) is 11.5 Å². The van der Waals surface area contributed by atoms with E-state index in [1.807, 2.05) is 53.2 Å². The second-order valence-corrected chi connectivity index (χ2v) is 8.11. The van der Waals surface area contributed by atoms with Crippen molar-refractivity contribution >= 4 is 0 Å². The van der Waals surface area contributed by atoms with Crippen LogP contribution in [0.15, 0.2) is 97.6 Å². The van der Waals surface area contributed by atoms with Crippen LogP contribution in [0.3, 0.4) is 0 Å². The Labute approximate surface area is 171 Å². The molecule has 1 unspecified atom stereocenters. The van der Waals surface area contributed by atoms with E-state index in [1.54, 1.807) is 12.7 Å². The Morgan fingerprint density at radius 3 is 1.79 bits per heavy atom. The molecule has 0 aliphatic heterocycles. The summed E-state index contributed by atoms with van der Waals surface area (Å²) in [4.78, 5) is 4.25. The van der Waals surface area contributed by atoms with Crippen LogP contribution >= 0.6 is 0 Å². The monoisotopic (exact) mass is 383 g/mol. The topological polar surface area (TPSA) is 39.9 Å². The van der Waals surface area contributed by atoms with Gasteiger partial charge in [0, 0.05) is 0 Å². The number of benzene rings is 3. The minimum atomic E-state index is -0.518. The number of ether oxygens (including phenoxy) is 1. The summed E-state index contributed by atoms with van der Waals surface area (Å²) in [7, 11) is 0. The second-order valence-electron chi connectivity index (χ2n) is 8.11. The average molecular weight is 383 g/mol. The zero-order valence-corrected chi connectivity index (χ0v) is 17.0. The smallest absolute Gasteiger partial charge is 0.137 e. The van der Waals surface area contributed by atoms with E-state index >= 15 is 0 Å². The molecule has 4 nitrogen and oxygen atoms in total. The molecule has 1 atom stereocenters. The van der Waals surface area contributed by atoms with Gasteiger partial charge in [0.15, 0.2) is 0 Å². The highest BCUT2D eigenvalue weighted by atomic mass is 16.5. The third-order valence-corrected chi connectivity index (χ3v) is 5.29. The molecule has 0 amide bonds. The van der Waals surface area contributed by atoms with Gasteiger partial charge in [-0.1, -0.05) is 81.4 Å². The maximum absolute atomic E-state index is 5.99. The molecule has 0 bridgehead atoms. The minimum Gasteiger partial charge on any atom is -0.457 e. The van der Waals surface area contributed by atoms with Crippen LogP contribution in [0.4, 0.5) is 0 Å². The van der Waals surface area contributed by atoms with Crippen molar-refractivity contribution in [3.8, 4) is 11.5 Å². The summed E-state index contributed by atoms with van der Waals surface area (Å²) < 4.78 is 7.96. The van der Waals surface area contributed by atoms with Gasteiger partial charge in [-0.05, 0) is 40.8 Å². The Hall–Kier alpha value is -3.40. The first kappa shape index (κ1) is 18.9. The van der Waals surface area contributed by atoms with Crippen LogP contribution < -0.4 is 4.74 Å². The number of nitrogens with zero attached hydrogens (tertiary/aromatic N) is 3. The van der Waals surface area contributed by atoms with Gasteiger partial charge in [-0.3, -0.25) is 0 Å². The zero-order chi connectivity index (χ0) is 20.3. The van der Waals surface area contributed by atoms with E-state index < -0.39 is 5.54 Å². The molecule has 1 heterocycles. The lowest BCUT2D eigenvalue weighted by Gasteiger charge is -2.45. The van der Waals surface area contributed by atoms with E-state index in [4.69, 9.17) is 4.74 Å². The summed E-state index contributed by atoms with van der Waals surface area (Å²) in [6, 6.07) is 28.6. The third-order valence-electron chi connectivity index (χ3n) is 5.29. The lowest BCUT2D eigenvalue weighted by atomic mass is 9.65. The summed E-state index contributed by atoms with van der Waals surface area (Å²) in [6.07, 6.45) is 3.39. The van der Waals surface area contributed by atoms with Crippen molar-refractivity contribution in [3.05, 3.63) is 109 Å². The molecule has 0 aliphatic carbocycles. The molecule has 0 saturated carbocycles. The summed E-state index contributed by atoms with van der Waals surface area (Å²) in [5.74, 6) is 1.62. The molecule has 0 radical (unpaired) electrons. The van der Waals surface area contributed by atoms with Crippen LogP contribution in [0.2, 0.25) is 0 Å². The average Bonchev–Trinajstić information content (AvgIpc) is 3.25. The standard InChI is InChI=1S/C25H25N3O/c1-24(2,3)25(28-19-26-18-27-28,20-10-6-4-7-11-20)21-14-16-23(17-15-21)29-22-12-8-5-9-13-22/h4-19H,1-3H3. The molecule has 0 saturated heterocycles. The molecule has 29 heavy (non-hydrogen) atoms. The molecule has 1 aromatic heterocycles. The SMILES string of the molecule is CC(C)(C)C(c1ccccc1)(c1ccc(Oc2ccccc2)cc1)n1cncn1. The van der Waals surface area contributed by atoms with Crippen molar-refractivity contribution in [2.24, 2.45) is 5.41 Å². The fourth-order valence-corrected chi connectivity index (χ4v) is 4.09. The Kier molecular flexibility index (Phi) is 4.93.